The van der Waals surface area contributed by atoms with Crippen LogP contribution in [0.5, 0.6) is 0 Å². The first-order valence-electron chi connectivity index (χ1n) is 4.67. The predicted octanol–water partition coefficient (Wildman–Crippen LogP) is 2.19. The number of aromatic amines is 1. The van der Waals surface area contributed by atoms with Crippen molar-refractivity contribution in [3.8, 4) is 11.3 Å². The zero-order valence-corrected chi connectivity index (χ0v) is 10.3. The van der Waals surface area contributed by atoms with Gasteiger partial charge in [-0.1, -0.05) is 23.2 Å². The predicted molar refractivity (Wildman–Crippen MR) is 65.1 cm³/mol. The van der Waals surface area contributed by atoms with Crippen LogP contribution in [-0.2, 0) is 0 Å². The molecule has 0 atom stereocenters. The van der Waals surface area contributed by atoms with Crippen LogP contribution in [0.25, 0.3) is 11.3 Å². The molecule has 1 aromatic carbocycles. The van der Waals surface area contributed by atoms with E-state index >= 15 is 0 Å². The summed E-state index contributed by atoms with van der Waals surface area (Å²) in [6.45, 7) is 1.83. The number of amides is 1. The van der Waals surface area contributed by atoms with Crippen LogP contribution in [0, 0.1) is 6.92 Å². The van der Waals surface area contributed by atoms with Gasteiger partial charge in [-0.15, -0.1) is 0 Å². The number of nitrogens with two attached hydrogens (primary N) is 1. The van der Waals surface area contributed by atoms with Gasteiger partial charge < -0.3 is 5.73 Å². The average Bonchev–Trinajstić information content (AvgIpc) is 2.72. The first kappa shape index (κ1) is 11.9. The summed E-state index contributed by atoms with van der Waals surface area (Å²) in [4.78, 5) is 11.1. The normalized spacial score (nSPS) is 10.5. The second-order valence-corrected chi connectivity index (χ2v) is 4.28. The minimum atomic E-state index is -0.669. The van der Waals surface area contributed by atoms with Crippen molar-refractivity contribution in [2.45, 2.75) is 6.92 Å². The summed E-state index contributed by atoms with van der Waals surface area (Å²) in [5.41, 5.74) is 6.94. The lowest BCUT2D eigenvalue weighted by Gasteiger charge is -2.05. The zero-order chi connectivity index (χ0) is 12.6. The van der Waals surface area contributed by atoms with Gasteiger partial charge in [0.25, 0.3) is 5.91 Å². The standard InChI is InChI=1S/C10H8Cl2N4O/c1-4-2-5(7(12)3-6(4)11)8-9(10(13)17)15-16-14-8/h2-3H,1H3,(H2,13,17)(H,14,15,16). The first-order valence-corrected chi connectivity index (χ1v) is 5.43. The zero-order valence-electron chi connectivity index (χ0n) is 8.79. The van der Waals surface area contributed by atoms with E-state index in [9.17, 15) is 4.79 Å². The molecule has 1 heterocycles. The van der Waals surface area contributed by atoms with Crippen LogP contribution in [0.4, 0.5) is 0 Å². The van der Waals surface area contributed by atoms with Crippen molar-refractivity contribution in [2.75, 3.05) is 0 Å². The SMILES string of the molecule is Cc1cc(-c2n[nH]nc2C(N)=O)c(Cl)cc1Cl. The lowest BCUT2D eigenvalue weighted by Crippen LogP contribution is -2.12. The van der Waals surface area contributed by atoms with Gasteiger partial charge in [-0.2, -0.15) is 15.4 Å². The van der Waals surface area contributed by atoms with Gasteiger partial charge in [-0.05, 0) is 24.6 Å². The number of hydrogen-bond acceptors (Lipinski definition) is 3. The van der Waals surface area contributed by atoms with E-state index in [0.29, 0.717) is 21.3 Å². The number of aromatic nitrogens is 3. The molecule has 17 heavy (non-hydrogen) atoms. The Hall–Kier alpha value is -1.59. The van der Waals surface area contributed by atoms with Crippen molar-refractivity contribution >= 4 is 29.1 Å². The number of hydrogen-bond donors (Lipinski definition) is 2. The van der Waals surface area contributed by atoms with Crippen LogP contribution in [-0.4, -0.2) is 21.3 Å². The average molecular weight is 271 g/mol. The fraction of sp³-hybridized carbons (Fsp3) is 0.100. The highest BCUT2D eigenvalue weighted by atomic mass is 35.5. The summed E-state index contributed by atoms with van der Waals surface area (Å²) < 4.78 is 0. The van der Waals surface area contributed by atoms with E-state index < -0.39 is 5.91 Å². The molecule has 5 nitrogen and oxygen atoms in total. The second-order valence-electron chi connectivity index (χ2n) is 3.47. The smallest absolute Gasteiger partial charge is 0.271 e. The van der Waals surface area contributed by atoms with Crippen LogP contribution in [0.3, 0.4) is 0 Å². The Kier molecular flexibility index (Phi) is 3.04. The Morgan fingerprint density at radius 1 is 1.29 bits per heavy atom. The number of aryl methyl sites for hydroxylation is 1. The molecular formula is C10H8Cl2N4O. The highest BCUT2D eigenvalue weighted by Crippen LogP contribution is 2.32. The fourth-order valence-corrected chi connectivity index (χ4v) is 1.90. The van der Waals surface area contributed by atoms with E-state index in [2.05, 4.69) is 15.4 Å². The van der Waals surface area contributed by atoms with E-state index in [1.54, 1.807) is 12.1 Å². The number of rotatable bonds is 2. The molecule has 0 aliphatic carbocycles. The number of benzene rings is 1. The third-order valence-electron chi connectivity index (χ3n) is 2.28. The minimum absolute atomic E-state index is 0.0497. The maximum Gasteiger partial charge on any atom is 0.271 e. The summed E-state index contributed by atoms with van der Waals surface area (Å²) >= 11 is 12.0. The monoisotopic (exact) mass is 270 g/mol. The van der Waals surface area contributed by atoms with E-state index in [-0.39, 0.29) is 5.69 Å². The molecule has 0 unspecified atom stereocenters. The molecule has 0 aliphatic heterocycles. The van der Waals surface area contributed by atoms with Crippen molar-refractivity contribution in [1.29, 1.82) is 0 Å². The Morgan fingerprint density at radius 3 is 2.65 bits per heavy atom. The van der Waals surface area contributed by atoms with Gasteiger partial charge in [0.15, 0.2) is 5.69 Å². The summed E-state index contributed by atoms with van der Waals surface area (Å²) in [7, 11) is 0. The maximum absolute atomic E-state index is 11.1. The number of H-pyrrole nitrogens is 1. The molecule has 0 saturated carbocycles. The maximum atomic E-state index is 11.1. The molecule has 0 bridgehead atoms. The largest absolute Gasteiger partial charge is 0.364 e. The molecule has 7 heteroatoms. The van der Waals surface area contributed by atoms with Crippen LogP contribution in [0.15, 0.2) is 12.1 Å². The number of primary amides is 1. The third-order valence-corrected chi connectivity index (χ3v) is 3.00. The van der Waals surface area contributed by atoms with Crippen LogP contribution >= 0.6 is 23.2 Å². The summed E-state index contributed by atoms with van der Waals surface area (Å²) in [5.74, 6) is -0.669. The van der Waals surface area contributed by atoms with E-state index in [0.717, 1.165) is 5.56 Å². The van der Waals surface area contributed by atoms with Crippen molar-refractivity contribution in [3.05, 3.63) is 33.4 Å². The summed E-state index contributed by atoms with van der Waals surface area (Å²) in [6, 6.07) is 3.32. The molecular weight excluding hydrogens is 263 g/mol. The molecule has 88 valence electrons. The molecule has 0 spiro atoms. The number of nitrogens with zero attached hydrogens (tertiary/aromatic N) is 2. The van der Waals surface area contributed by atoms with Gasteiger partial charge in [0, 0.05) is 10.6 Å². The van der Waals surface area contributed by atoms with Crippen molar-refractivity contribution in [1.82, 2.24) is 15.4 Å². The van der Waals surface area contributed by atoms with Gasteiger partial charge in [0.1, 0.15) is 5.69 Å². The van der Waals surface area contributed by atoms with Gasteiger partial charge in [0.2, 0.25) is 0 Å². The molecule has 1 amide bonds. The summed E-state index contributed by atoms with van der Waals surface area (Å²) in [5, 5.41) is 10.8. The van der Waals surface area contributed by atoms with E-state index in [4.69, 9.17) is 28.9 Å². The fourth-order valence-electron chi connectivity index (χ4n) is 1.43. The van der Waals surface area contributed by atoms with Gasteiger partial charge in [-0.25, -0.2) is 0 Å². The Morgan fingerprint density at radius 2 is 2.00 bits per heavy atom. The Bertz CT molecular complexity index is 594. The topological polar surface area (TPSA) is 84.7 Å². The summed E-state index contributed by atoms with van der Waals surface area (Å²) in [6.07, 6.45) is 0. The van der Waals surface area contributed by atoms with Gasteiger partial charge in [0.05, 0.1) is 5.02 Å². The Labute approximate surface area is 107 Å². The minimum Gasteiger partial charge on any atom is -0.364 e. The molecule has 0 radical (unpaired) electrons. The number of halogens is 2. The molecule has 0 saturated heterocycles. The quantitative estimate of drug-likeness (QED) is 0.877. The third kappa shape index (κ3) is 2.11. The number of carbonyl (C=O) groups excluding carboxylic acids is 1. The number of nitrogens with one attached hydrogen (secondary N) is 1. The van der Waals surface area contributed by atoms with E-state index in [1.165, 1.54) is 0 Å². The highest BCUT2D eigenvalue weighted by molar-refractivity contribution is 6.36. The Balaban J connectivity index is 2.64. The highest BCUT2D eigenvalue weighted by Gasteiger charge is 2.18. The lowest BCUT2D eigenvalue weighted by atomic mass is 10.1. The molecule has 0 aliphatic rings. The second kappa shape index (κ2) is 4.35. The number of carbonyl (C=O) groups is 1. The first-order chi connectivity index (χ1) is 8.00. The molecule has 3 N–H and O–H groups in total. The van der Waals surface area contributed by atoms with Gasteiger partial charge in [-0.3, -0.25) is 4.79 Å². The van der Waals surface area contributed by atoms with Crippen molar-refractivity contribution < 1.29 is 4.79 Å². The molecule has 1 aromatic heterocycles. The van der Waals surface area contributed by atoms with Gasteiger partial charge >= 0.3 is 0 Å². The molecule has 2 rings (SSSR count). The van der Waals surface area contributed by atoms with Crippen LogP contribution in [0.2, 0.25) is 10.0 Å². The molecule has 2 aromatic rings. The van der Waals surface area contributed by atoms with Crippen molar-refractivity contribution in [3.63, 3.8) is 0 Å². The lowest BCUT2D eigenvalue weighted by molar-refractivity contribution is 0.0996. The van der Waals surface area contributed by atoms with E-state index in [1.807, 2.05) is 6.92 Å². The van der Waals surface area contributed by atoms with Crippen molar-refractivity contribution in [2.24, 2.45) is 5.73 Å². The molecule has 0 fully saturated rings. The van der Waals surface area contributed by atoms with Crippen LogP contribution in [0.1, 0.15) is 16.1 Å². The van der Waals surface area contributed by atoms with Crippen LogP contribution < -0.4 is 5.73 Å².